The van der Waals surface area contributed by atoms with Crippen LogP contribution in [0.2, 0.25) is 0 Å². The number of aryl methyl sites for hydroxylation is 1. The highest BCUT2D eigenvalue weighted by atomic mass is 32.2. The predicted molar refractivity (Wildman–Crippen MR) is 108 cm³/mol. The lowest BCUT2D eigenvalue weighted by molar-refractivity contribution is -0.138. The van der Waals surface area contributed by atoms with Gasteiger partial charge in [0.15, 0.2) is 0 Å². The van der Waals surface area contributed by atoms with Crippen LogP contribution in [-0.2, 0) is 14.8 Å². The van der Waals surface area contributed by atoms with Crippen LogP contribution in [0, 0.1) is 12.8 Å². The third-order valence-corrected chi connectivity index (χ3v) is 7.60. The minimum atomic E-state index is -3.55. The predicted octanol–water partition coefficient (Wildman–Crippen LogP) is 1.57. The van der Waals surface area contributed by atoms with E-state index in [1.165, 1.54) is 4.31 Å². The Morgan fingerprint density at radius 3 is 2.32 bits per heavy atom. The number of carbonyl (C=O) groups is 1. The quantitative estimate of drug-likeness (QED) is 0.738. The van der Waals surface area contributed by atoms with Crippen LogP contribution < -0.4 is 4.74 Å². The average molecular weight is 410 g/mol. The van der Waals surface area contributed by atoms with Gasteiger partial charge >= 0.3 is 0 Å². The molecule has 0 atom stereocenters. The maximum atomic E-state index is 13.0. The van der Waals surface area contributed by atoms with Gasteiger partial charge in [-0.3, -0.25) is 4.79 Å². The molecule has 0 N–H and O–H groups in total. The zero-order valence-electron chi connectivity index (χ0n) is 17.1. The Morgan fingerprint density at radius 2 is 1.75 bits per heavy atom. The number of nitrogens with zero attached hydrogens (tertiary/aromatic N) is 3. The molecule has 2 aliphatic rings. The van der Waals surface area contributed by atoms with Gasteiger partial charge in [0.25, 0.3) is 0 Å². The van der Waals surface area contributed by atoms with Gasteiger partial charge < -0.3 is 14.5 Å². The molecular weight excluding hydrogens is 378 g/mol. The summed E-state index contributed by atoms with van der Waals surface area (Å²) in [5.41, 5.74) is 0.808. The van der Waals surface area contributed by atoms with Crippen LogP contribution in [0.25, 0.3) is 0 Å². The topological polar surface area (TPSA) is 70.2 Å². The molecule has 0 radical (unpaired) electrons. The third-order valence-electron chi connectivity index (χ3n) is 5.70. The minimum absolute atomic E-state index is 0.0723. The van der Waals surface area contributed by atoms with Crippen molar-refractivity contribution in [1.82, 2.24) is 14.1 Å². The second-order valence-electron chi connectivity index (χ2n) is 7.67. The first-order valence-corrected chi connectivity index (χ1v) is 11.5. The molecule has 1 aromatic rings. The molecular formula is C20H31N3O4S. The van der Waals surface area contributed by atoms with Gasteiger partial charge in [-0.05, 0) is 57.5 Å². The molecule has 7 nitrogen and oxygen atoms in total. The summed E-state index contributed by atoms with van der Waals surface area (Å²) in [5, 5.41) is 0. The summed E-state index contributed by atoms with van der Waals surface area (Å²) in [6.07, 6.45) is 1.17. The van der Waals surface area contributed by atoms with Crippen molar-refractivity contribution in [3.05, 3.63) is 23.8 Å². The smallest absolute Gasteiger partial charge is 0.243 e. The van der Waals surface area contributed by atoms with E-state index in [4.69, 9.17) is 4.74 Å². The number of carbonyl (C=O) groups excluding carboxylic acids is 1. The summed E-state index contributed by atoms with van der Waals surface area (Å²) in [7, 11) is -1.49. The zero-order chi connectivity index (χ0) is 20.3. The zero-order valence-corrected chi connectivity index (χ0v) is 17.9. The summed E-state index contributed by atoms with van der Waals surface area (Å²) in [4.78, 5) is 17.2. The largest absolute Gasteiger partial charge is 0.494 e. The van der Waals surface area contributed by atoms with Crippen molar-refractivity contribution in [2.75, 3.05) is 52.9 Å². The lowest BCUT2D eigenvalue weighted by atomic mass is 9.96. The molecule has 2 heterocycles. The maximum Gasteiger partial charge on any atom is 0.243 e. The summed E-state index contributed by atoms with van der Waals surface area (Å²) >= 11 is 0. The molecule has 0 spiro atoms. The Kier molecular flexibility index (Phi) is 6.62. The van der Waals surface area contributed by atoms with E-state index in [2.05, 4.69) is 11.9 Å². The molecule has 28 heavy (non-hydrogen) atoms. The maximum absolute atomic E-state index is 13.0. The lowest BCUT2D eigenvalue weighted by Gasteiger charge is -2.37. The summed E-state index contributed by atoms with van der Waals surface area (Å²) in [6, 6.07) is 4.99. The number of hydrogen-bond acceptors (Lipinski definition) is 5. The van der Waals surface area contributed by atoms with E-state index in [0.717, 1.165) is 31.7 Å². The molecule has 0 saturated carbocycles. The fourth-order valence-electron chi connectivity index (χ4n) is 3.88. The van der Waals surface area contributed by atoms with E-state index in [1.807, 2.05) is 18.7 Å². The van der Waals surface area contributed by atoms with Crippen LogP contribution in [0.4, 0.5) is 0 Å². The number of hydrogen-bond donors (Lipinski definition) is 0. The first kappa shape index (κ1) is 21.1. The summed E-state index contributed by atoms with van der Waals surface area (Å²) in [5.74, 6) is 0.817. The van der Waals surface area contributed by atoms with Crippen LogP contribution in [0.15, 0.2) is 23.1 Å². The van der Waals surface area contributed by atoms with Crippen molar-refractivity contribution < 1.29 is 17.9 Å². The van der Waals surface area contributed by atoms with Crippen molar-refractivity contribution in [3.8, 4) is 5.75 Å². The van der Waals surface area contributed by atoms with E-state index >= 15 is 0 Å². The molecule has 3 rings (SSSR count). The van der Waals surface area contributed by atoms with Gasteiger partial charge in [0, 0.05) is 45.2 Å². The van der Waals surface area contributed by atoms with Crippen LogP contribution in [0.3, 0.4) is 0 Å². The molecule has 2 saturated heterocycles. The number of ether oxygens (including phenoxy) is 1. The number of likely N-dealkylation sites (N-methyl/N-ethyl adjacent to an activating group) is 1. The van der Waals surface area contributed by atoms with Crippen molar-refractivity contribution >= 4 is 15.9 Å². The van der Waals surface area contributed by atoms with Crippen LogP contribution in [0.1, 0.15) is 25.3 Å². The molecule has 0 aromatic heterocycles. The Labute approximate surface area is 168 Å². The molecule has 0 unspecified atom stereocenters. The Balaban J connectivity index is 1.62. The normalized spacial score (nSPS) is 20.3. The molecule has 0 bridgehead atoms. The number of piperazine rings is 1. The number of amides is 1. The SMILES string of the molecule is CCOc1ccc(S(=O)(=O)N2CCC(C(=O)N3CCN(C)CC3)CC2)cc1C. The van der Waals surface area contributed by atoms with Gasteiger partial charge in [0.2, 0.25) is 15.9 Å². The van der Waals surface area contributed by atoms with Crippen molar-refractivity contribution in [2.24, 2.45) is 5.92 Å². The molecule has 0 aliphatic carbocycles. The van der Waals surface area contributed by atoms with Crippen molar-refractivity contribution in [2.45, 2.75) is 31.6 Å². The minimum Gasteiger partial charge on any atom is -0.494 e. The molecule has 2 aliphatic heterocycles. The Bertz CT molecular complexity index is 796. The number of sulfonamides is 1. The van der Waals surface area contributed by atoms with E-state index < -0.39 is 10.0 Å². The Morgan fingerprint density at radius 1 is 1.11 bits per heavy atom. The average Bonchev–Trinajstić information content (AvgIpc) is 2.70. The first-order chi connectivity index (χ1) is 13.3. The van der Waals surface area contributed by atoms with Crippen LogP contribution in [0.5, 0.6) is 5.75 Å². The van der Waals surface area contributed by atoms with Crippen LogP contribution in [-0.4, -0.2) is 81.4 Å². The first-order valence-electron chi connectivity index (χ1n) is 10.0. The molecule has 1 amide bonds. The highest BCUT2D eigenvalue weighted by Gasteiger charge is 2.34. The van der Waals surface area contributed by atoms with E-state index in [-0.39, 0.29) is 16.7 Å². The van der Waals surface area contributed by atoms with E-state index in [0.29, 0.717) is 38.3 Å². The van der Waals surface area contributed by atoms with Gasteiger partial charge in [-0.15, -0.1) is 0 Å². The van der Waals surface area contributed by atoms with Crippen LogP contribution >= 0.6 is 0 Å². The van der Waals surface area contributed by atoms with Crippen molar-refractivity contribution in [1.29, 1.82) is 0 Å². The van der Waals surface area contributed by atoms with Gasteiger partial charge in [0.1, 0.15) is 5.75 Å². The molecule has 8 heteroatoms. The number of piperidine rings is 1. The van der Waals surface area contributed by atoms with E-state index in [1.54, 1.807) is 18.2 Å². The van der Waals surface area contributed by atoms with Crippen molar-refractivity contribution in [3.63, 3.8) is 0 Å². The molecule has 156 valence electrons. The monoisotopic (exact) mass is 409 g/mol. The highest BCUT2D eigenvalue weighted by Crippen LogP contribution is 2.28. The summed E-state index contributed by atoms with van der Waals surface area (Å²) < 4.78 is 33.0. The number of rotatable bonds is 5. The van der Waals surface area contributed by atoms with Gasteiger partial charge in [0.05, 0.1) is 11.5 Å². The Hall–Kier alpha value is -1.64. The van der Waals surface area contributed by atoms with Gasteiger partial charge in [-0.1, -0.05) is 0 Å². The fourth-order valence-corrected chi connectivity index (χ4v) is 5.43. The second-order valence-corrected chi connectivity index (χ2v) is 9.61. The lowest BCUT2D eigenvalue weighted by Crippen LogP contribution is -2.50. The molecule has 2 fully saturated rings. The second kappa shape index (κ2) is 8.80. The fraction of sp³-hybridized carbons (Fsp3) is 0.650. The number of benzene rings is 1. The third kappa shape index (κ3) is 4.50. The van der Waals surface area contributed by atoms with Gasteiger partial charge in [-0.25, -0.2) is 8.42 Å². The molecule has 1 aromatic carbocycles. The standard InChI is InChI=1S/C20H31N3O4S/c1-4-27-19-6-5-18(15-16(19)2)28(25,26)23-9-7-17(8-10-23)20(24)22-13-11-21(3)12-14-22/h5-6,15,17H,4,7-14H2,1-3H3. The van der Waals surface area contributed by atoms with E-state index in [9.17, 15) is 13.2 Å². The summed E-state index contributed by atoms with van der Waals surface area (Å²) in [6.45, 7) is 8.40. The highest BCUT2D eigenvalue weighted by molar-refractivity contribution is 7.89. The van der Waals surface area contributed by atoms with Gasteiger partial charge in [-0.2, -0.15) is 4.31 Å².